The van der Waals surface area contributed by atoms with Gasteiger partial charge in [-0.15, -0.1) is 0 Å². The van der Waals surface area contributed by atoms with Crippen molar-refractivity contribution >= 4 is 34.1 Å². The van der Waals surface area contributed by atoms with Gasteiger partial charge in [-0.05, 0) is 0 Å². The molecule has 9 heavy (non-hydrogen) atoms. The Labute approximate surface area is 66.2 Å². The molecule has 0 saturated carbocycles. The molecule has 0 aliphatic rings. The van der Waals surface area contributed by atoms with E-state index in [1.165, 1.54) is 7.11 Å². The van der Waals surface area contributed by atoms with Crippen molar-refractivity contribution in [3.63, 3.8) is 0 Å². The second-order valence-corrected chi connectivity index (χ2v) is 5.46. The molecular formula is C3H10O3S2Si. The summed E-state index contributed by atoms with van der Waals surface area (Å²) in [6, 6.07) is 0. The Hall–Kier alpha value is 0.797. The third kappa shape index (κ3) is 2.92. The lowest BCUT2D eigenvalue weighted by Crippen LogP contribution is -2.48. The summed E-state index contributed by atoms with van der Waals surface area (Å²) in [5.41, 5.74) is 0. The molecule has 6 heteroatoms. The maximum Gasteiger partial charge on any atom is 0.509 e. The molecule has 0 spiro atoms. The Bertz CT molecular complexity index is 89.1. The van der Waals surface area contributed by atoms with E-state index < -0.39 is 13.7 Å². The minimum atomic E-state index is -3.49. The summed E-state index contributed by atoms with van der Waals surface area (Å²) in [6.45, 7) is 0. The Morgan fingerprint density at radius 2 is 2.11 bits per heavy atom. The first kappa shape index (κ1) is 9.80. The fraction of sp³-hybridized carbons (Fsp3) is 1.00. The first-order valence-electron chi connectivity index (χ1n) is 2.33. The van der Waals surface area contributed by atoms with Crippen LogP contribution in [-0.2, 0) is 4.43 Å². The van der Waals surface area contributed by atoms with Crippen molar-refractivity contribution < 1.29 is 14.0 Å². The van der Waals surface area contributed by atoms with Crippen LogP contribution < -0.4 is 0 Å². The molecule has 0 saturated heterocycles. The lowest BCUT2D eigenvalue weighted by molar-refractivity contribution is 0.185. The maximum atomic E-state index is 8.94. The highest BCUT2D eigenvalue weighted by Crippen LogP contribution is 2.09. The molecule has 0 rings (SSSR count). The van der Waals surface area contributed by atoms with Crippen molar-refractivity contribution in [3.8, 4) is 0 Å². The largest absolute Gasteiger partial charge is 0.509 e. The van der Waals surface area contributed by atoms with Crippen LogP contribution >= 0.6 is 25.3 Å². The van der Waals surface area contributed by atoms with Crippen molar-refractivity contribution in [2.45, 2.75) is 4.87 Å². The monoisotopic (exact) mass is 186 g/mol. The van der Waals surface area contributed by atoms with Gasteiger partial charge in [-0.25, -0.2) is 0 Å². The Morgan fingerprint density at radius 3 is 2.22 bits per heavy atom. The van der Waals surface area contributed by atoms with Gasteiger partial charge in [0.25, 0.3) is 0 Å². The van der Waals surface area contributed by atoms with E-state index in [1.807, 2.05) is 0 Å². The number of rotatable bonds is 3. The summed E-state index contributed by atoms with van der Waals surface area (Å²) in [6.07, 6.45) is 0. The van der Waals surface area contributed by atoms with Gasteiger partial charge >= 0.3 is 8.80 Å². The van der Waals surface area contributed by atoms with Crippen LogP contribution in [-0.4, -0.2) is 36.1 Å². The first-order chi connectivity index (χ1) is 4.04. The predicted molar refractivity (Wildman–Crippen MR) is 43.8 cm³/mol. The van der Waals surface area contributed by atoms with Crippen LogP contribution in [0, 0.1) is 0 Å². The minimum Gasteiger partial charge on any atom is -0.389 e. The SMILES string of the molecule is CO[Si](O)(O)C(S)CS. The lowest BCUT2D eigenvalue weighted by Gasteiger charge is -2.19. The molecular weight excluding hydrogens is 176 g/mol. The topological polar surface area (TPSA) is 49.7 Å². The summed E-state index contributed by atoms with van der Waals surface area (Å²) in [5.74, 6) is 0.302. The summed E-state index contributed by atoms with van der Waals surface area (Å²) >= 11 is 7.67. The Balaban J connectivity index is 3.80. The molecule has 1 unspecified atom stereocenters. The van der Waals surface area contributed by atoms with Crippen molar-refractivity contribution in [3.05, 3.63) is 0 Å². The van der Waals surface area contributed by atoms with Gasteiger partial charge in [-0.3, -0.25) is 0 Å². The van der Waals surface area contributed by atoms with Crippen LogP contribution in [0.25, 0.3) is 0 Å². The van der Waals surface area contributed by atoms with Crippen molar-refractivity contribution in [1.82, 2.24) is 0 Å². The lowest BCUT2D eigenvalue weighted by atomic mass is 10.9. The van der Waals surface area contributed by atoms with E-state index in [0.29, 0.717) is 5.75 Å². The predicted octanol–water partition coefficient (Wildman–Crippen LogP) is -0.676. The summed E-state index contributed by atoms with van der Waals surface area (Å²) in [4.78, 5) is 17.3. The van der Waals surface area contributed by atoms with E-state index in [2.05, 4.69) is 29.7 Å². The summed E-state index contributed by atoms with van der Waals surface area (Å²) in [5, 5.41) is 0. The quantitative estimate of drug-likeness (QED) is 0.349. The first-order valence-corrected chi connectivity index (χ1v) is 5.36. The molecule has 0 aromatic rings. The third-order valence-electron chi connectivity index (χ3n) is 0.907. The highest BCUT2D eigenvalue weighted by Gasteiger charge is 2.38. The van der Waals surface area contributed by atoms with E-state index in [1.54, 1.807) is 0 Å². The second-order valence-electron chi connectivity index (χ2n) is 1.56. The van der Waals surface area contributed by atoms with E-state index >= 15 is 0 Å². The molecule has 0 amide bonds. The van der Waals surface area contributed by atoms with E-state index in [-0.39, 0.29) is 0 Å². The van der Waals surface area contributed by atoms with Gasteiger partial charge in [0.1, 0.15) is 0 Å². The van der Waals surface area contributed by atoms with Crippen LogP contribution in [0.5, 0.6) is 0 Å². The van der Waals surface area contributed by atoms with Crippen LogP contribution in [0.2, 0.25) is 0 Å². The van der Waals surface area contributed by atoms with Gasteiger partial charge in [0, 0.05) is 12.9 Å². The molecule has 0 aromatic carbocycles. The van der Waals surface area contributed by atoms with Crippen LogP contribution in [0.1, 0.15) is 0 Å². The van der Waals surface area contributed by atoms with Gasteiger partial charge in [0.2, 0.25) is 0 Å². The number of hydrogen-bond acceptors (Lipinski definition) is 5. The fourth-order valence-corrected chi connectivity index (χ4v) is 1.79. The van der Waals surface area contributed by atoms with Crippen molar-refractivity contribution in [1.29, 1.82) is 0 Å². The smallest absolute Gasteiger partial charge is 0.389 e. The zero-order chi connectivity index (χ0) is 7.49. The van der Waals surface area contributed by atoms with Crippen LogP contribution in [0.15, 0.2) is 0 Å². The molecule has 0 aromatic heterocycles. The highest BCUT2D eigenvalue weighted by molar-refractivity contribution is 7.86. The zero-order valence-corrected chi connectivity index (χ0v) is 7.77. The van der Waals surface area contributed by atoms with Gasteiger partial charge in [-0.1, -0.05) is 0 Å². The van der Waals surface area contributed by atoms with Crippen molar-refractivity contribution in [2.75, 3.05) is 12.9 Å². The van der Waals surface area contributed by atoms with E-state index in [0.717, 1.165) is 0 Å². The third-order valence-corrected chi connectivity index (χ3v) is 4.77. The second kappa shape index (κ2) is 3.84. The molecule has 0 heterocycles. The number of thiol groups is 2. The maximum absolute atomic E-state index is 8.94. The van der Waals surface area contributed by atoms with Crippen LogP contribution in [0.4, 0.5) is 0 Å². The molecule has 1 atom stereocenters. The van der Waals surface area contributed by atoms with Crippen molar-refractivity contribution in [2.24, 2.45) is 0 Å². The van der Waals surface area contributed by atoms with Gasteiger partial charge in [0.15, 0.2) is 0 Å². The highest BCUT2D eigenvalue weighted by atomic mass is 32.1. The average Bonchev–Trinajstić information content (AvgIpc) is 1.86. The fourth-order valence-electron chi connectivity index (χ4n) is 0.255. The van der Waals surface area contributed by atoms with Gasteiger partial charge in [0.05, 0.1) is 4.87 Å². The average molecular weight is 186 g/mol. The zero-order valence-electron chi connectivity index (χ0n) is 4.98. The summed E-state index contributed by atoms with van der Waals surface area (Å²) < 4.78 is 4.42. The molecule has 0 aliphatic heterocycles. The minimum absolute atomic E-state index is 0.302. The molecule has 56 valence electrons. The molecule has 0 aliphatic carbocycles. The van der Waals surface area contributed by atoms with E-state index in [9.17, 15) is 0 Å². The van der Waals surface area contributed by atoms with Gasteiger partial charge in [-0.2, -0.15) is 25.3 Å². The molecule has 0 radical (unpaired) electrons. The standard InChI is InChI=1S/C3H10O3S2Si/c1-6-9(4,5)3(8)2-7/h3-5,7-8H,2H2,1H3. The molecule has 0 fully saturated rings. The van der Waals surface area contributed by atoms with Crippen LogP contribution in [0.3, 0.4) is 0 Å². The normalized spacial score (nSPS) is 15.7. The summed E-state index contributed by atoms with van der Waals surface area (Å²) in [7, 11) is -2.24. The Kier molecular flexibility index (Phi) is 4.18. The van der Waals surface area contributed by atoms with Gasteiger partial charge < -0.3 is 14.0 Å². The molecule has 3 nitrogen and oxygen atoms in total. The molecule has 2 N–H and O–H groups in total. The number of hydrogen-bond donors (Lipinski definition) is 4. The Morgan fingerprint density at radius 1 is 1.67 bits per heavy atom. The molecule has 0 bridgehead atoms. The van der Waals surface area contributed by atoms with E-state index in [4.69, 9.17) is 9.59 Å².